The van der Waals surface area contributed by atoms with Crippen molar-refractivity contribution in [2.24, 2.45) is 5.92 Å². The minimum atomic E-state index is -3.49. The van der Waals surface area contributed by atoms with Crippen LogP contribution in [0.25, 0.3) is 0 Å². The summed E-state index contributed by atoms with van der Waals surface area (Å²) in [6.07, 6.45) is 1.71. The van der Waals surface area contributed by atoms with Crippen molar-refractivity contribution in [3.05, 3.63) is 23.8 Å². The lowest BCUT2D eigenvalue weighted by molar-refractivity contribution is 0.181. The molecular formula is C15H24N2O3S. The van der Waals surface area contributed by atoms with Gasteiger partial charge in [0, 0.05) is 25.4 Å². The van der Waals surface area contributed by atoms with E-state index in [-0.39, 0.29) is 10.8 Å². The molecule has 2 rings (SSSR count). The zero-order valence-corrected chi connectivity index (χ0v) is 13.5. The van der Waals surface area contributed by atoms with Crippen LogP contribution < -0.4 is 5.73 Å². The van der Waals surface area contributed by atoms with Gasteiger partial charge in [-0.3, -0.25) is 0 Å². The summed E-state index contributed by atoms with van der Waals surface area (Å²) in [4.78, 5) is 0.276. The molecule has 1 aliphatic heterocycles. The van der Waals surface area contributed by atoms with Gasteiger partial charge in [-0.1, -0.05) is 19.9 Å². The van der Waals surface area contributed by atoms with E-state index in [1.165, 1.54) is 4.31 Å². The second kappa shape index (κ2) is 6.77. The first-order chi connectivity index (χ1) is 9.98. The van der Waals surface area contributed by atoms with E-state index in [0.717, 1.165) is 25.0 Å². The van der Waals surface area contributed by atoms with Gasteiger partial charge in [-0.25, -0.2) is 8.42 Å². The average Bonchev–Trinajstić information content (AvgIpc) is 2.97. The highest BCUT2D eigenvalue weighted by Crippen LogP contribution is 2.24. The van der Waals surface area contributed by atoms with Crippen LogP contribution in [0.5, 0.6) is 0 Å². The number of anilines is 1. The lowest BCUT2D eigenvalue weighted by atomic mass is 10.1. The van der Waals surface area contributed by atoms with E-state index in [9.17, 15) is 8.42 Å². The molecule has 21 heavy (non-hydrogen) atoms. The Balaban J connectivity index is 2.23. The van der Waals surface area contributed by atoms with Crippen LogP contribution in [-0.2, 0) is 21.2 Å². The van der Waals surface area contributed by atoms with E-state index in [1.807, 2.05) is 13.8 Å². The molecule has 1 atom stereocenters. The standard InChI is InChI=1S/C15H24N2O3S/c1-3-13-5-6-14(9-15(13)16)21(18,19)17(4-2)10-12-7-8-20-11-12/h5-6,9,12H,3-4,7-8,10-11,16H2,1-2H3. The van der Waals surface area contributed by atoms with Crippen LogP contribution >= 0.6 is 0 Å². The van der Waals surface area contributed by atoms with Crippen molar-refractivity contribution in [2.45, 2.75) is 31.6 Å². The van der Waals surface area contributed by atoms with Crippen LogP contribution in [0, 0.1) is 5.92 Å². The minimum absolute atomic E-state index is 0.276. The van der Waals surface area contributed by atoms with Gasteiger partial charge in [-0.05, 0) is 36.5 Å². The van der Waals surface area contributed by atoms with Crippen LogP contribution in [0.2, 0.25) is 0 Å². The highest BCUT2D eigenvalue weighted by Gasteiger charge is 2.28. The Labute approximate surface area is 127 Å². The van der Waals surface area contributed by atoms with Crippen molar-refractivity contribution >= 4 is 15.7 Å². The maximum atomic E-state index is 12.7. The first kappa shape index (κ1) is 16.3. The normalized spacial score (nSPS) is 19.3. The van der Waals surface area contributed by atoms with Gasteiger partial charge in [0.1, 0.15) is 0 Å². The molecule has 1 unspecified atom stereocenters. The maximum absolute atomic E-state index is 12.7. The number of benzene rings is 1. The number of nitrogens with two attached hydrogens (primary N) is 1. The highest BCUT2D eigenvalue weighted by atomic mass is 32.2. The first-order valence-corrected chi connectivity index (χ1v) is 8.89. The molecule has 6 heteroatoms. The van der Waals surface area contributed by atoms with Gasteiger partial charge in [-0.15, -0.1) is 0 Å². The first-order valence-electron chi connectivity index (χ1n) is 7.45. The molecule has 0 radical (unpaired) electrons. The number of ether oxygens (including phenoxy) is 1. The van der Waals surface area contributed by atoms with Gasteiger partial charge < -0.3 is 10.5 Å². The summed E-state index contributed by atoms with van der Waals surface area (Å²) < 4.78 is 32.3. The van der Waals surface area contributed by atoms with Crippen molar-refractivity contribution in [3.63, 3.8) is 0 Å². The van der Waals surface area contributed by atoms with E-state index in [4.69, 9.17) is 10.5 Å². The molecule has 1 aromatic carbocycles. The predicted molar refractivity (Wildman–Crippen MR) is 83.6 cm³/mol. The quantitative estimate of drug-likeness (QED) is 0.814. The molecule has 2 N–H and O–H groups in total. The summed E-state index contributed by atoms with van der Waals surface area (Å²) in [6, 6.07) is 5.02. The van der Waals surface area contributed by atoms with Crippen molar-refractivity contribution in [2.75, 3.05) is 32.0 Å². The Morgan fingerprint density at radius 2 is 2.14 bits per heavy atom. The molecule has 1 saturated heterocycles. The van der Waals surface area contributed by atoms with Crippen molar-refractivity contribution in [1.29, 1.82) is 0 Å². The van der Waals surface area contributed by atoms with Crippen LogP contribution in [0.4, 0.5) is 5.69 Å². The molecule has 0 amide bonds. The Morgan fingerprint density at radius 3 is 2.67 bits per heavy atom. The van der Waals surface area contributed by atoms with Gasteiger partial charge >= 0.3 is 0 Å². The number of rotatable bonds is 6. The van der Waals surface area contributed by atoms with E-state index >= 15 is 0 Å². The van der Waals surface area contributed by atoms with Crippen molar-refractivity contribution in [1.82, 2.24) is 4.31 Å². The monoisotopic (exact) mass is 312 g/mol. The Hall–Kier alpha value is -1.11. The number of nitrogen functional groups attached to an aromatic ring is 1. The van der Waals surface area contributed by atoms with Gasteiger partial charge in [0.2, 0.25) is 10.0 Å². The Morgan fingerprint density at radius 1 is 1.38 bits per heavy atom. The predicted octanol–water partition coefficient (Wildman–Crippen LogP) is 1.88. The number of hydrogen-bond acceptors (Lipinski definition) is 4. The topological polar surface area (TPSA) is 72.6 Å². The molecule has 1 fully saturated rings. The van der Waals surface area contributed by atoms with E-state index in [1.54, 1.807) is 18.2 Å². The molecule has 0 saturated carbocycles. The van der Waals surface area contributed by atoms with E-state index in [2.05, 4.69) is 0 Å². The number of hydrogen-bond donors (Lipinski definition) is 1. The summed E-state index contributed by atoms with van der Waals surface area (Å²) in [5, 5.41) is 0. The molecule has 1 aromatic rings. The molecule has 1 aliphatic rings. The minimum Gasteiger partial charge on any atom is -0.398 e. The summed E-state index contributed by atoms with van der Waals surface area (Å²) in [5.74, 6) is 0.284. The van der Waals surface area contributed by atoms with Gasteiger partial charge in [-0.2, -0.15) is 4.31 Å². The number of aryl methyl sites for hydroxylation is 1. The number of sulfonamides is 1. The molecule has 0 bridgehead atoms. The van der Waals surface area contributed by atoms with Gasteiger partial charge in [0.25, 0.3) is 0 Å². The molecule has 1 heterocycles. The lowest BCUT2D eigenvalue weighted by Gasteiger charge is -2.23. The largest absolute Gasteiger partial charge is 0.398 e. The van der Waals surface area contributed by atoms with Crippen LogP contribution in [-0.4, -0.2) is 39.0 Å². The molecule has 118 valence electrons. The molecule has 0 aliphatic carbocycles. The Kier molecular flexibility index (Phi) is 5.24. The summed E-state index contributed by atoms with van der Waals surface area (Å²) in [7, 11) is -3.49. The summed E-state index contributed by atoms with van der Waals surface area (Å²) >= 11 is 0. The zero-order valence-electron chi connectivity index (χ0n) is 12.7. The third-order valence-corrected chi connectivity index (χ3v) is 5.91. The Bertz CT molecular complexity index is 581. The third-order valence-electron chi connectivity index (χ3n) is 3.97. The second-order valence-corrected chi connectivity index (χ2v) is 7.34. The fourth-order valence-electron chi connectivity index (χ4n) is 2.62. The number of nitrogens with zero attached hydrogens (tertiary/aromatic N) is 1. The van der Waals surface area contributed by atoms with E-state index < -0.39 is 10.0 Å². The van der Waals surface area contributed by atoms with Crippen LogP contribution in [0.1, 0.15) is 25.8 Å². The highest BCUT2D eigenvalue weighted by molar-refractivity contribution is 7.89. The van der Waals surface area contributed by atoms with E-state index in [0.29, 0.717) is 25.4 Å². The van der Waals surface area contributed by atoms with Crippen molar-refractivity contribution < 1.29 is 13.2 Å². The summed E-state index contributed by atoms with van der Waals surface area (Å²) in [5.41, 5.74) is 7.44. The molecule has 0 spiro atoms. The van der Waals surface area contributed by atoms with Gasteiger partial charge in [0.15, 0.2) is 0 Å². The summed E-state index contributed by atoms with van der Waals surface area (Å²) in [6.45, 7) is 6.18. The van der Waals surface area contributed by atoms with Crippen LogP contribution in [0.3, 0.4) is 0 Å². The molecule has 0 aromatic heterocycles. The molecule has 5 nitrogen and oxygen atoms in total. The fraction of sp³-hybridized carbons (Fsp3) is 0.600. The lowest BCUT2D eigenvalue weighted by Crippen LogP contribution is -2.35. The SMILES string of the molecule is CCc1ccc(S(=O)(=O)N(CC)CC2CCOC2)cc1N. The van der Waals surface area contributed by atoms with Crippen molar-refractivity contribution in [3.8, 4) is 0 Å². The smallest absolute Gasteiger partial charge is 0.243 e. The molecular weight excluding hydrogens is 288 g/mol. The zero-order chi connectivity index (χ0) is 15.5. The van der Waals surface area contributed by atoms with Crippen LogP contribution in [0.15, 0.2) is 23.1 Å². The third kappa shape index (κ3) is 3.56. The maximum Gasteiger partial charge on any atom is 0.243 e. The average molecular weight is 312 g/mol. The second-order valence-electron chi connectivity index (χ2n) is 5.40. The fourth-order valence-corrected chi connectivity index (χ4v) is 4.18. The van der Waals surface area contributed by atoms with Gasteiger partial charge in [0.05, 0.1) is 11.5 Å².